The number of thioether (sulfide) groups is 1. The van der Waals surface area contributed by atoms with E-state index in [1.54, 1.807) is 7.11 Å². The molecule has 0 radical (unpaired) electrons. The number of para-hydroxylation sites is 3. The first kappa shape index (κ1) is 24.3. The molecule has 0 aromatic heterocycles. The van der Waals surface area contributed by atoms with Crippen LogP contribution in [0.1, 0.15) is 5.56 Å². The maximum atomic E-state index is 13.5. The van der Waals surface area contributed by atoms with Crippen molar-refractivity contribution >= 4 is 51.3 Å². The van der Waals surface area contributed by atoms with Crippen molar-refractivity contribution in [3.63, 3.8) is 0 Å². The van der Waals surface area contributed by atoms with E-state index in [0.717, 1.165) is 14.9 Å². The van der Waals surface area contributed by atoms with Crippen molar-refractivity contribution in [3.8, 4) is 17.2 Å². The molecule has 184 valence electrons. The van der Waals surface area contributed by atoms with Crippen molar-refractivity contribution in [2.45, 2.75) is 11.0 Å². The number of fused-ring (bicyclic) bond motifs is 2. The van der Waals surface area contributed by atoms with Crippen LogP contribution in [0.4, 0.5) is 5.69 Å². The van der Waals surface area contributed by atoms with E-state index in [2.05, 4.69) is 21.2 Å². The number of rotatable bonds is 6. The van der Waals surface area contributed by atoms with E-state index in [-0.39, 0.29) is 31.0 Å². The zero-order chi connectivity index (χ0) is 25.1. The molecule has 2 amide bonds. The number of benzene rings is 3. The molecular weight excluding hydrogens is 544 g/mol. The van der Waals surface area contributed by atoms with Gasteiger partial charge in [-0.3, -0.25) is 14.5 Å². The summed E-state index contributed by atoms with van der Waals surface area (Å²) < 4.78 is 17.7. The molecule has 36 heavy (non-hydrogen) atoms. The van der Waals surface area contributed by atoms with Crippen molar-refractivity contribution in [1.29, 1.82) is 0 Å². The first-order valence-corrected chi connectivity index (χ1v) is 12.9. The van der Waals surface area contributed by atoms with Crippen LogP contribution in [-0.2, 0) is 9.59 Å². The Hall–Kier alpha value is -3.43. The average Bonchev–Trinajstić information content (AvgIpc) is 2.90. The number of hydrogen-bond donors (Lipinski definition) is 1. The number of ether oxygens (including phenoxy) is 3. The number of carbonyl (C=O) groups is 2. The summed E-state index contributed by atoms with van der Waals surface area (Å²) in [6, 6.07) is 20.6. The van der Waals surface area contributed by atoms with Crippen molar-refractivity contribution in [1.82, 2.24) is 5.32 Å². The second kappa shape index (κ2) is 10.7. The molecule has 0 spiro atoms. The van der Waals surface area contributed by atoms with Gasteiger partial charge in [-0.05, 0) is 64.0 Å². The Labute approximate surface area is 221 Å². The lowest BCUT2D eigenvalue weighted by atomic mass is 10.2. The zero-order valence-corrected chi connectivity index (χ0v) is 21.8. The largest absolute Gasteiger partial charge is 0.496 e. The fourth-order valence-corrected chi connectivity index (χ4v) is 5.55. The van der Waals surface area contributed by atoms with Crippen LogP contribution in [0.3, 0.4) is 0 Å². The Balaban J connectivity index is 1.30. The summed E-state index contributed by atoms with van der Waals surface area (Å²) in [5.41, 5.74) is 1.55. The number of anilines is 1. The van der Waals surface area contributed by atoms with Gasteiger partial charge >= 0.3 is 0 Å². The van der Waals surface area contributed by atoms with E-state index in [1.807, 2.05) is 72.8 Å². The fourth-order valence-electron chi connectivity index (χ4n) is 3.93. The van der Waals surface area contributed by atoms with Crippen LogP contribution in [0, 0.1) is 0 Å². The lowest BCUT2D eigenvalue weighted by Crippen LogP contribution is -2.46. The summed E-state index contributed by atoms with van der Waals surface area (Å²) in [5.74, 6) is 1.54. The van der Waals surface area contributed by atoms with Gasteiger partial charge in [0.2, 0.25) is 5.91 Å². The van der Waals surface area contributed by atoms with Crippen LogP contribution in [0.5, 0.6) is 17.2 Å². The molecule has 0 saturated carbocycles. The Kier molecular flexibility index (Phi) is 7.20. The minimum absolute atomic E-state index is 0.107. The zero-order valence-electron chi connectivity index (χ0n) is 19.4. The molecule has 0 aliphatic carbocycles. The highest BCUT2D eigenvalue weighted by Gasteiger charge is 2.31. The van der Waals surface area contributed by atoms with E-state index in [0.29, 0.717) is 34.4 Å². The summed E-state index contributed by atoms with van der Waals surface area (Å²) >= 11 is 4.88. The first-order valence-electron chi connectivity index (χ1n) is 11.3. The third kappa shape index (κ3) is 5.22. The first-order chi connectivity index (χ1) is 17.5. The summed E-state index contributed by atoms with van der Waals surface area (Å²) in [5, 5.41) is 2.88. The van der Waals surface area contributed by atoms with Gasteiger partial charge in [0.25, 0.3) is 5.91 Å². The quantitative estimate of drug-likeness (QED) is 0.428. The molecule has 1 unspecified atom stereocenters. The number of halogens is 1. The molecule has 1 N–H and O–H groups in total. The second-order valence-corrected chi connectivity index (χ2v) is 10.1. The Morgan fingerprint density at radius 2 is 1.94 bits per heavy atom. The number of carbonyl (C=O) groups excluding carboxylic acids is 2. The van der Waals surface area contributed by atoms with E-state index in [9.17, 15) is 9.59 Å². The number of hydrogen-bond acceptors (Lipinski definition) is 6. The standard InChI is InChI=1S/C27H23BrN2O5S/c1-33-21-11-10-17(12-19(21)28)13-25-27(32)30(20-6-2-5-9-24(20)36-25)15-26(31)29-14-18-16-34-22-7-3-4-8-23(22)35-18/h2-13,18H,14-16H2,1H3,(H,29,31)/b25-13+. The molecule has 2 aliphatic heterocycles. The maximum absolute atomic E-state index is 13.5. The summed E-state index contributed by atoms with van der Waals surface area (Å²) in [6.45, 7) is 0.502. The smallest absolute Gasteiger partial charge is 0.265 e. The molecule has 3 aromatic rings. The van der Waals surface area contributed by atoms with Gasteiger partial charge < -0.3 is 19.5 Å². The lowest BCUT2D eigenvalue weighted by Gasteiger charge is -2.30. The Morgan fingerprint density at radius 3 is 2.75 bits per heavy atom. The number of methoxy groups -OCH3 is 1. The van der Waals surface area contributed by atoms with Gasteiger partial charge in [0, 0.05) is 4.90 Å². The van der Waals surface area contributed by atoms with Crippen molar-refractivity contribution in [2.24, 2.45) is 0 Å². The van der Waals surface area contributed by atoms with E-state index >= 15 is 0 Å². The predicted octanol–water partition coefficient (Wildman–Crippen LogP) is 4.89. The number of nitrogens with one attached hydrogen (secondary N) is 1. The highest BCUT2D eigenvalue weighted by molar-refractivity contribution is 9.10. The molecule has 7 nitrogen and oxygen atoms in total. The number of amides is 2. The lowest BCUT2D eigenvalue weighted by molar-refractivity contribution is -0.122. The minimum atomic E-state index is -0.312. The van der Waals surface area contributed by atoms with E-state index in [4.69, 9.17) is 14.2 Å². The third-order valence-electron chi connectivity index (χ3n) is 5.70. The molecule has 0 bridgehead atoms. The predicted molar refractivity (Wildman–Crippen MR) is 143 cm³/mol. The second-order valence-electron chi connectivity index (χ2n) is 8.17. The highest BCUT2D eigenvalue weighted by Crippen LogP contribution is 2.42. The van der Waals surface area contributed by atoms with E-state index in [1.165, 1.54) is 16.7 Å². The summed E-state index contributed by atoms with van der Waals surface area (Å²) in [4.78, 5) is 29.3. The van der Waals surface area contributed by atoms with Crippen molar-refractivity contribution < 1.29 is 23.8 Å². The van der Waals surface area contributed by atoms with Crippen molar-refractivity contribution in [2.75, 3.05) is 31.7 Å². The van der Waals surface area contributed by atoms with Crippen LogP contribution in [0.15, 0.2) is 81.0 Å². The van der Waals surface area contributed by atoms with Crippen LogP contribution in [-0.4, -0.2) is 44.7 Å². The maximum Gasteiger partial charge on any atom is 0.265 e. The van der Waals surface area contributed by atoms with Gasteiger partial charge in [-0.15, -0.1) is 0 Å². The molecule has 1 atom stereocenters. The van der Waals surface area contributed by atoms with Gasteiger partial charge in [-0.2, -0.15) is 0 Å². The topological polar surface area (TPSA) is 77.1 Å². The van der Waals surface area contributed by atoms with Crippen molar-refractivity contribution in [3.05, 3.63) is 81.7 Å². The number of nitrogens with zero attached hydrogens (tertiary/aromatic N) is 1. The van der Waals surface area contributed by atoms with Gasteiger partial charge in [0.05, 0.1) is 28.7 Å². The molecular formula is C27H23BrN2O5S. The molecule has 3 aromatic carbocycles. The average molecular weight is 567 g/mol. The van der Waals surface area contributed by atoms with Gasteiger partial charge in [-0.25, -0.2) is 0 Å². The third-order valence-corrected chi connectivity index (χ3v) is 7.40. The summed E-state index contributed by atoms with van der Waals surface area (Å²) in [7, 11) is 1.60. The van der Waals surface area contributed by atoms with Crippen LogP contribution in [0.25, 0.3) is 6.08 Å². The molecule has 0 fully saturated rings. The van der Waals surface area contributed by atoms with Gasteiger partial charge in [-0.1, -0.05) is 42.1 Å². The highest BCUT2D eigenvalue weighted by atomic mass is 79.9. The SMILES string of the molecule is COc1ccc(/C=C2/Sc3ccccc3N(CC(=O)NCC3COc4ccccc4O3)C2=O)cc1Br. The van der Waals surface area contributed by atoms with Gasteiger partial charge in [0.15, 0.2) is 11.5 Å². The monoisotopic (exact) mass is 566 g/mol. The summed E-state index contributed by atoms with van der Waals surface area (Å²) in [6.07, 6.45) is 1.51. The van der Waals surface area contributed by atoms with Crippen LogP contribution in [0.2, 0.25) is 0 Å². The van der Waals surface area contributed by atoms with Gasteiger partial charge in [0.1, 0.15) is 25.0 Å². The normalized spacial score (nSPS) is 17.5. The molecule has 9 heteroatoms. The fraction of sp³-hybridized carbons (Fsp3) is 0.185. The molecule has 2 heterocycles. The minimum Gasteiger partial charge on any atom is -0.496 e. The molecule has 0 saturated heterocycles. The van der Waals surface area contributed by atoms with E-state index < -0.39 is 0 Å². The van der Waals surface area contributed by atoms with Crippen LogP contribution >= 0.6 is 27.7 Å². The Morgan fingerprint density at radius 1 is 1.17 bits per heavy atom. The molecule has 5 rings (SSSR count). The molecule has 2 aliphatic rings. The Bertz CT molecular complexity index is 1350. The van der Waals surface area contributed by atoms with Crippen LogP contribution < -0.4 is 24.4 Å².